The van der Waals surface area contributed by atoms with Crippen LogP contribution >= 0.6 is 0 Å². The predicted octanol–water partition coefficient (Wildman–Crippen LogP) is 3.31. The van der Waals surface area contributed by atoms with Gasteiger partial charge in [-0.2, -0.15) is 0 Å². The number of nitrogens with zero attached hydrogens (tertiary/aromatic N) is 2. The quantitative estimate of drug-likeness (QED) is 0.502. The topological polar surface area (TPSA) is 15.6 Å². The van der Waals surface area contributed by atoms with Crippen molar-refractivity contribution in [2.75, 3.05) is 13.1 Å². The summed E-state index contributed by atoms with van der Waals surface area (Å²) in [6.45, 7) is 13.5. The first-order chi connectivity index (χ1) is 6.95. The fraction of sp³-hybridized carbons (Fsp3) is 0.769. The van der Waals surface area contributed by atoms with Crippen LogP contribution in [0.25, 0.3) is 0 Å². The molecule has 0 radical (unpaired) electrons. The fourth-order valence-corrected chi connectivity index (χ4v) is 1.64. The van der Waals surface area contributed by atoms with E-state index in [1.807, 2.05) is 6.20 Å². The van der Waals surface area contributed by atoms with Crippen molar-refractivity contribution in [1.82, 2.24) is 4.90 Å². The number of amidine groups is 1. The molecule has 1 aliphatic rings. The van der Waals surface area contributed by atoms with Crippen molar-refractivity contribution in [3.63, 3.8) is 0 Å². The van der Waals surface area contributed by atoms with Crippen LogP contribution in [0.3, 0.4) is 0 Å². The van der Waals surface area contributed by atoms with Crippen molar-refractivity contribution in [2.45, 2.75) is 41.0 Å². The highest BCUT2D eigenvalue weighted by molar-refractivity contribution is 5.81. The first-order valence-electron chi connectivity index (χ1n) is 5.89. The molecule has 0 aromatic rings. The maximum absolute atomic E-state index is 4.41. The Morgan fingerprint density at radius 3 is 2.47 bits per heavy atom. The molecule has 0 aromatic heterocycles. The summed E-state index contributed by atoms with van der Waals surface area (Å²) in [5.41, 5.74) is 0.441. The summed E-state index contributed by atoms with van der Waals surface area (Å²) in [6.07, 6.45) is 5.06. The Morgan fingerprint density at radius 2 is 2.00 bits per heavy atom. The summed E-state index contributed by atoms with van der Waals surface area (Å²) in [7, 11) is 0. The van der Waals surface area contributed by atoms with Crippen molar-refractivity contribution < 1.29 is 0 Å². The standard InChI is InChI=1S/C13H24N2/c1-6-7-8-14-11(2)15-9-12(10-15)13(3,4)5/h7-8,12H,6,9-10H2,1-5H3/b8-7-,14-11+. The highest BCUT2D eigenvalue weighted by atomic mass is 15.2. The molecular weight excluding hydrogens is 184 g/mol. The molecule has 0 atom stereocenters. The van der Waals surface area contributed by atoms with Gasteiger partial charge in [0.2, 0.25) is 0 Å². The van der Waals surface area contributed by atoms with Gasteiger partial charge in [-0.15, -0.1) is 0 Å². The number of rotatable bonds is 2. The van der Waals surface area contributed by atoms with Crippen LogP contribution in [0.2, 0.25) is 0 Å². The molecule has 0 spiro atoms. The zero-order valence-corrected chi connectivity index (χ0v) is 10.7. The summed E-state index contributed by atoms with van der Waals surface area (Å²) < 4.78 is 0. The van der Waals surface area contributed by atoms with Crippen LogP contribution in [0, 0.1) is 11.3 Å². The van der Waals surface area contributed by atoms with Crippen molar-refractivity contribution in [2.24, 2.45) is 16.3 Å². The van der Waals surface area contributed by atoms with E-state index >= 15 is 0 Å². The van der Waals surface area contributed by atoms with Gasteiger partial charge in [0.1, 0.15) is 5.84 Å². The second-order valence-corrected chi connectivity index (χ2v) is 5.44. The van der Waals surface area contributed by atoms with Crippen LogP contribution in [0.1, 0.15) is 41.0 Å². The number of hydrogen-bond acceptors (Lipinski definition) is 1. The molecular formula is C13H24N2. The van der Waals surface area contributed by atoms with Gasteiger partial charge in [-0.1, -0.05) is 33.8 Å². The van der Waals surface area contributed by atoms with E-state index in [-0.39, 0.29) is 0 Å². The molecule has 1 aliphatic heterocycles. The molecule has 0 saturated carbocycles. The molecule has 1 saturated heterocycles. The van der Waals surface area contributed by atoms with Gasteiger partial charge < -0.3 is 4.90 Å². The molecule has 0 N–H and O–H groups in total. The molecule has 2 heteroatoms. The predicted molar refractivity (Wildman–Crippen MR) is 67.1 cm³/mol. The van der Waals surface area contributed by atoms with Gasteiger partial charge >= 0.3 is 0 Å². The zero-order chi connectivity index (χ0) is 11.5. The minimum absolute atomic E-state index is 0.441. The largest absolute Gasteiger partial charge is 0.360 e. The average molecular weight is 208 g/mol. The highest BCUT2D eigenvalue weighted by Crippen LogP contribution is 2.33. The van der Waals surface area contributed by atoms with Crippen LogP contribution in [-0.2, 0) is 0 Å². The average Bonchev–Trinajstić information content (AvgIpc) is 1.98. The first kappa shape index (κ1) is 12.3. The SMILES string of the molecule is CC/C=C\N=C(/C)N1CC(C(C)(C)C)C1. The molecule has 1 rings (SSSR count). The molecule has 0 unspecified atom stereocenters. The van der Waals surface area contributed by atoms with Crippen molar-refractivity contribution in [1.29, 1.82) is 0 Å². The van der Waals surface area contributed by atoms with Crippen LogP contribution in [0.5, 0.6) is 0 Å². The van der Waals surface area contributed by atoms with Gasteiger partial charge in [0.05, 0.1) is 0 Å². The van der Waals surface area contributed by atoms with E-state index in [1.54, 1.807) is 0 Å². The van der Waals surface area contributed by atoms with Crippen LogP contribution in [0.4, 0.5) is 0 Å². The maximum Gasteiger partial charge on any atom is 0.101 e. The Hall–Kier alpha value is -0.790. The number of hydrogen-bond donors (Lipinski definition) is 0. The summed E-state index contributed by atoms with van der Waals surface area (Å²) in [4.78, 5) is 6.77. The molecule has 2 nitrogen and oxygen atoms in total. The lowest BCUT2D eigenvalue weighted by Gasteiger charge is -2.47. The third kappa shape index (κ3) is 3.37. The molecule has 0 aliphatic carbocycles. The number of aliphatic imine (C=N–C) groups is 1. The second kappa shape index (κ2) is 4.82. The van der Waals surface area contributed by atoms with E-state index in [0.717, 1.165) is 18.2 Å². The summed E-state index contributed by atoms with van der Waals surface area (Å²) in [5.74, 6) is 1.97. The van der Waals surface area contributed by atoms with E-state index in [2.05, 4.69) is 50.6 Å². The van der Waals surface area contributed by atoms with Crippen LogP contribution in [0.15, 0.2) is 17.3 Å². The van der Waals surface area contributed by atoms with E-state index in [9.17, 15) is 0 Å². The Morgan fingerprint density at radius 1 is 1.40 bits per heavy atom. The zero-order valence-electron chi connectivity index (χ0n) is 10.7. The van der Waals surface area contributed by atoms with Gasteiger partial charge in [0.15, 0.2) is 0 Å². The molecule has 0 amide bonds. The van der Waals surface area contributed by atoms with Crippen LogP contribution < -0.4 is 0 Å². The third-order valence-corrected chi connectivity index (χ3v) is 3.17. The molecule has 0 aromatic carbocycles. The minimum Gasteiger partial charge on any atom is -0.360 e. The summed E-state index contributed by atoms with van der Waals surface area (Å²) >= 11 is 0. The van der Waals surface area contributed by atoms with Gasteiger partial charge in [-0.3, -0.25) is 0 Å². The number of likely N-dealkylation sites (tertiary alicyclic amines) is 1. The smallest absolute Gasteiger partial charge is 0.101 e. The maximum atomic E-state index is 4.41. The van der Waals surface area contributed by atoms with E-state index in [0.29, 0.717) is 5.41 Å². The lowest BCUT2D eigenvalue weighted by molar-refractivity contribution is 0.0784. The second-order valence-electron chi connectivity index (χ2n) is 5.44. The van der Waals surface area contributed by atoms with Crippen molar-refractivity contribution in [3.05, 3.63) is 12.3 Å². The Labute approximate surface area is 94.1 Å². The van der Waals surface area contributed by atoms with Gasteiger partial charge in [-0.25, -0.2) is 4.99 Å². The monoisotopic (exact) mass is 208 g/mol. The lowest BCUT2D eigenvalue weighted by Crippen LogP contribution is -2.53. The highest BCUT2D eigenvalue weighted by Gasteiger charge is 2.35. The Bertz CT molecular complexity index is 252. The fourth-order valence-electron chi connectivity index (χ4n) is 1.64. The van der Waals surface area contributed by atoms with Gasteiger partial charge in [-0.05, 0) is 24.7 Å². The van der Waals surface area contributed by atoms with Gasteiger partial charge in [0.25, 0.3) is 0 Å². The van der Waals surface area contributed by atoms with Crippen molar-refractivity contribution >= 4 is 5.84 Å². The third-order valence-electron chi connectivity index (χ3n) is 3.17. The summed E-state index contributed by atoms with van der Waals surface area (Å²) in [5, 5.41) is 0. The number of allylic oxidation sites excluding steroid dienone is 1. The van der Waals surface area contributed by atoms with E-state index in [1.165, 1.54) is 13.1 Å². The molecule has 15 heavy (non-hydrogen) atoms. The van der Waals surface area contributed by atoms with E-state index in [4.69, 9.17) is 0 Å². The Balaban J connectivity index is 2.38. The molecule has 86 valence electrons. The first-order valence-corrected chi connectivity index (χ1v) is 5.89. The lowest BCUT2D eigenvalue weighted by atomic mass is 9.76. The Kier molecular flexibility index (Phi) is 3.95. The molecule has 1 fully saturated rings. The molecule has 1 heterocycles. The minimum atomic E-state index is 0.441. The van der Waals surface area contributed by atoms with Gasteiger partial charge in [0, 0.05) is 19.3 Å². The van der Waals surface area contributed by atoms with E-state index < -0.39 is 0 Å². The normalized spacial score (nSPS) is 19.8. The molecule has 0 bridgehead atoms. The summed E-state index contributed by atoms with van der Waals surface area (Å²) in [6, 6.07) is 0. The van der Waals surface area contributed by atoms with Crippen LogP contribution in [-0.4, -0.2) is 23.8 Å². The van der Waals surface area contributed by atoms with Crippen molar-refractivity contribution in [3.8, 4) is 0 Å².